The number of anilines is 1. The maximum Gasteiger partial charge on any atom is 0.221 e. The van der Waals surface area contributed by atoms with Crippen LogP contribution in [0.4, 0.5) is 5.69 Å². The number of rotatable bonds is 9. The molecular formula is C21H22N4O4S2. The molecule has 0 saturated carbocycles. The lowest BCUT2D eigenvalue weighted by atomic mass is 10.1. The lowest BCUT2D eigenvalue weighted by Gasteiger charge is -2.08. The average Bonchev–Trinajstić information content (AvgIpc) is 3.13. The van der Waals surface area contributed by atoms with Gasteiger partial charge in [0.2, 0.25) is 5.91 Å². The van der Waals surface area contributed by atoms with Gasteiger partial charge in [-0.15, -0.1) is 10.2 Å². The molecule has 0 atom stereocenters. The Morgan fingerprint density at radius 2 is 1.71 bits per heavy atom. The van der Waals surface area contributed by atoms with Gasteiger partial charge in [0.15, 0.2) is 20.8 Å². The van der Waals surface area contributed by atoms with Crippen LogP contribution >= 0.6 is 11.8 Å². The number of benzene rings is 2. The highest BCUT2D eigenvalue weighted by Crippen LogP contribution is 2.22. The highest BCUT2D eigenvalue weighted by atomic mass is 32.2. The largest absolute Gasteiger partial charge is 0.326 e. The minimum Gasteiger partial charge on any atom is -0.326 e. The minimum absolute atomic E-state index is 0.108. The molecule has 3 aromatic rings. The number of amides is 1. The molecule has 0 bridgehead atoms. The second-order valence-electron chi connectivity index (χ2n) is 6.69. The highest BCUT2D eigenvalue weighted by Gasteiger charge is 2.21. The molecule has 0 spiro atoms. The average molecular weight is 459 g/mol. The first-order valence-corrected chi connectivity index (χ1v) is 12.2. The second-order valence-corrected chi connectivity index (χ2v) is 9.62. The van der Waals surface area contributed by atoms with E-state index in [-0.39, 0.29) is 28.1 Å². The monoisotopic (exact) mass is 458 g/mol. The Morgan fingerprint density at radius 3 is 2.32 bits per heavy atom. The minimum atomic E-state index is -3.55. The van der Waals surface area contributed by atoms with Crippen molar-refractivity contribution in [2.75, 3.05) is 11.1 Å². The number of carbonyl (C=O) groups is 2. The quantitative estimate of drug-likeness (QED) is 0.387. The van der Waals surface area contributed by atoms with Crippen LogP contribution in [0.25, 0.3) is 0 Å². The van der Waals surface area contributed by atoms with E-state index < -0.39 is 9.84 Å². The van der Waals surface area contributed by atoms with Crippen LogP contribution in [0.3, 0.4) is 0 Å². The van der Waals surface area contributed by atoms with E-state index in [9.17, 15) is 18.0 Å². The number of carbonyl (C=O) groups excluding carboxylic acids is 2. The van der Waals surface area contributed by atoms with Crippen LogP contribution in [0.1, 0.15) is 30.0 Å². The lowest BCUT2D eigenvalue weighted by molar-refractivity contribution is -0.114. The van der Waals surface area contributed by atoms with Crippen molar-refractivity contribution < 1.29 is 18.0 Å². The third kappa shape index (κ3) is 5.80. The Balaban J connectivity index is 1.68. The topological polar surface area (TPSA) is 111 Å². The van der Waals surface area contributed by atoms with E-state index in [2.05, 4.69) is 15.5 Å². The molecule has 2 aromatic carbocycles. The molecule has 8 nitrogen and oxygen atoms in total. The van der Waals surface area contributed by atoms with E-state index in [1.54, 1.807) is 59.2 Å². The van der Waals surface area contributed by atoms with Gasteiger partial charge in [-0.25, -0.2) is 8.42 Å². The van der Waals surface area contributed by atoms with Crippen LogP contribution < -0.4 is 5.32 Å². The number of hydrogen-bond donors (Lipinski definition) is 1. The molecule has 0 saturated heterocycles. The van der Waals surface area contributed by atoms with Gasteiger partial charge in [-0.1, -0.05) is 30.0 Å². The van der Waals surface area contributed by atoms with E-state index in [1.165, 1.54) is 18.7 Å². The zero-order valence-corrected chi connectivity index (χ0v) is 18.7. The van der Waals surface area contributed by atoms with Gasteiger partial charge >= 0.3 is 0 Å². The molecule has 1 heterocycles. The van der Waals surface area contributed by atoms with Crippen molar-refractivity contribution >= 4 is 39.0 Å². The fraction of sp³-hybridized carbons (Fsp3) is 0.238. The predicted molar refractivity (Wildman–Crippen MR) is 119 cm³/mol. The van der Waals surface area contributed by atoms with Crippen LogP contribution in [-0.2, 0) is 26.9 Å². The van der Waals surface area contributed by atoms with Crippen LogP contribution in [0.15, 0.2) is 64.6 Å². The van der Waals surface area contributed by atoms with Crippen molar-refractivity contribution in [3.63, 3.8) is 0 Å². The standard InChI is InChI=1S/C21H22N4O4S2/c1-3-25-20(14-31(28,29)18-7-5-4-6-8-18)23-24-21(25)30-13-19(27)16-9-11-17(12-10-16)22-15(2)26/h4-12H,3,13-14H2,1-2H3,(H,22,26). The fourth-order valence-corrected chi connectivity index (χ4v) is 5.10. The molecule has 0 aliphatic heterocycles. The summed E-state index contributed by atoms with van der Waals surface area (Å²) < 4.78 is 27.0. The summed E-state index contributed by atoms with van der Waals surface area (Å²) in [6.45, 7) is 3.77. The number of ketones is 1. The summed E-state index contributed by atoms with van der Waals surface area (Å²) in [5.41, 5.74) is 1.13. The molecule has 162 valence electrons. The maximum atomic E-state index is 12.7. The summed E-state index contributed by atoms with van der Waals surface area (Å²) in [4.78, 5) is 23.8. The van der Waals surface area contributed by atoms with Crippen molar-refractivity contribution in [3.8, 4) is 0 Å². The smallest absolute Gasteiger partial charge is 0.221 e. The summed E-state index contributed by atoms with van der Waals surface area (Å²) in [5, 5.41) is 11.3. The molecule has 0 aliphatic carbocycles. The van der Waals surface area contributed by atoms with Gasteiger partial charge in [-0.05, 0) is 43.3 Å². The predicted octanol–water partition coefficient (Wildman–Crippen LogP) is 3.21. The SMILES string of the molecule is CCn1c(CS(=O)(=O)c2ccccc2)nnc1SCC(=O)c1ccc(NC(C)=O)cc1. The van der Waals surface area contributed by atoms with Crippen LogP contribution in [0, 0.1) is 0 Å². The summed E-state index contributed by atoms with van der Waals surface area (Å²) in [6, 6.07) is 14.8. The summed E-state index contributed by atoms with van der Waals surface area (Å²) in [7, 11) is -3.55. The van der Waals surface area contributed by atoms with Gasteiger partial charge < -0.3 is 9.88 Å². The number of nitrogens with one attached hydrogen (secondary N) is 1. The Bertz CT molecular complexity index is 1170. The Kier molecular flexibility index (Phi) is 7.24. The van der Waals surface area contributed by atoms with E-state index in [0.29, 0.717) is 28.8 Å². The van der Waals surface area contributed by atoms with Crippen molar-refractivity contribution in [1.82, 2.24) is 14.8 Å². The molecular weight excluding hydrogens is 436 g/mol. The fourth-order valence-electron chi connectivity index (χ4n) is 2.89. The molecule has 0 radical (unpaired) electrons. The first-order valence-electron chi connectivity index (χ1n) is 9.53. The molecule has 3 rings (SSSR count). The number of Topliss-reactive ketones (excluding diaryl/α,β-unsaturated/α-hetero) is 1. The number of hydrogen-bond acceptors (Lipinski definition) is 7. The Morgan fingerprint density at radius 1 is 1.03 bits per heavy atom. The van der Waals surface area contributed by atoms with Crippen molar-refractivity contribution in [2.24, 2.45) is 0 Å². The van der Waals surface area contributed by atoms with Crippen molar-refractivity contribution in [1.29, 1.82) is 0 Å². The van der Waals surface area contributed by atoms with Gasteiger partial charge in [0, 0.05) is 24.7 Å². The van der Waals surface area contributed by atoms with Crippen molar-refractivity contribution in [3.05, 3.63) is 66.0 Å². The Labute approximate surface area is 185 Å². The zero-order chi connectivity index (χ0) is 22.4. The van der Waals surface area contributed by atoms with Crippen molar-refractivity contribution in [2.45, 2.75) is 36.2 Å². The molecule has 1 amide bonds. The molecule has 0 fully saturated rings. The molecule has 0 unspecified atom stereocenters. The maximum absolute atomic E-state index is 12.7. The first kappa shape index (κ1) is 22.7. The summed E-state index contributed by atoms with van der Waals surface area (Å²) in [5.74, 6) is -0.0944. The molecule has 1 aromatic heterocycles. The Hall–Kier alpha value is -2.98. The van der Waals surface area contributed by atoms with Gasteiger partial charge in [-0.3, -0.25) is 9.59 Å². The molecule has 1 N–H and O–H groups in total. The molecule has 31 heavy (non-hydrogen) atoms. The zero-order valence-electron chi connectivity index (χ0n) is 17.1. The number of sulfone groups is 1. The van der Waals surface area contributed by atoms with E-state index in [0.717, 1.165) is 0 Å². The van der Waals surface area contributed by atoms with E-state index in [4.69, 9.17) is 0 Å². The molecule has 10 heteroatoms. The highest BCUT2D eigenvalue weighted by molar-refractivity contribution is 7.99. The second kappa shape index (κ2) is 9.88. The van der Waals surface area contributed by atoms with Crippen LogP contribution in [-0.4, -0.2) is 40.6 Å². The molecule has 0 aliphatic rings. The van der Waals surface area contributed by atoms with Gasteiger partial charge in [0.1, 0.15) is 11.6 Å². The lowest BCUT2D eigenvalue weighted by Crippen LogP contribution is -2.11. The van der Waals surface area contributed by atoms with E-state index in [1.807, 2.05) is 6.92 Å². The first-order chi connectivity index (χ1) is 14.8. The third-order valence-corrected chi connectivity index (χ3v) is 6.99. The van der Waals surface area contributed by atoms with Gasteiger partial charge in [0.25, 0.3) is 0 Å². The summed E-state index contributed by atoms with van der Waals surface area (Å²) >= 11 is 1.21. The number of nitrogens with zero attached hydrogens (tertiary/aromatic N) is 3. The van der Waals surface area contributed by atoms with Gasteiger partial charge in [0.05, 0.1) is 10.6 Å². The summed E-state index contributed by atoms with van der Waals surface area (Å²) in [6.07, 6.45) is 0. The third-order valence-electron chi connectivity index (χ3n) is 4.39. The van der Waals surface area contributed by atoms with Gasteiger partial charge in [-0.2, -0.15) is 0 Å². The normalized spacial score (nSPS) is 11.3. The van der Waals surface area contributed by atoms with Crippen LogP contribution in [0.5, 0.6) is 0 Å². The van der Waals surface area contributed by atoms with Crippen LogP contribution in [0.2, 0.25) is 0 Å². The van der Waals surface area contributed by atoms with E-state index >= 15 is 0 Å². The number of aromatic nitrogens is 3. The number of thioether (sulfide) groups is 1.